The smallest absolute Gasteiger partial charge is 0.305 e. The van der Waals surface area contributed by atoms with Crippen molar-refractivity contribution in [3.05, 3.63) is 12.2 Å². The number of carbonyl (C=O) groups excluding carboxylic acids is 1. The summed E-state index contributed by atoms with van der Waals surface area (Å²) in [6, 6.07) is 0. The van der Waals surface area contributed by atoms with Gasteiger partial charge in [0.15, 0.2) is 0 Å². The Morgan fingerprint density at radius 1 is 1.17 bits per heavy atom. The first-order valence-corrected chi connectivity index (χ1v) is 9.26. The van der Waals surface area contributed by atoms with Gasteiger partial charge in [-0.2, -0.15) is 0 Å². The van der Waals surface area contributed by atoms with E-state index in [9.17, 15) is 9.90 Å². The third kappa shape index (κ3) is 9.77. The van der Waals surface area contributed by atoms with E-state index >= 15 is 0 Å². The number of esters is 1. The summed E-state index contributed by atoms with van der Waals surface area (Å²) >= 11 is 0. The van der Waals surface area contributed by atoms with Gasteiger partial charge in [0.1, 0.15) is 12.2 Å². The second kappa shape index (κ2) is 12.5. The number of rotatable bonds is 14. The number of epoxide rings is 1. The van der Waals surface area contributed by atoms with E-state index in [1.807, 2.05) is 6.08 Å². The average Bonchev–Trinajstić information content (AvgIpc) is 3.32. The van der Waals surface area contributed by atoms with Crippen LogP contribution in [0.4, 0.5) is 0 Å². The second-order valence-electron chi connectivity index (χ2n) is 6.44. The number of hydrogen-bond acceptors (Lipinski definition) is 4. The van der Waals surface area contributed by atoms with Crippen LogP contribution in [0, 0.1) is 0 Å². The van der Waals surface area contributed by atoms with E-state index < -0.39 is 6.10 Å². The maximum absolute atomic E-state index is 10.9. The lowest BCUT2D eigenvalue weighted by atomic mass is 10.1. The first-order chi connectivity index (χ1) is 11.2. The van der Waals surface area contributed by atoms with E-state index in [4.69, 9.17) is 4.74 Å². The molecule has 1 fully saturated rings. The number of allylic oxidation sites excluding steroid dienone is 1. The molecule has 0 radical (unpaired) electrons. The Morgan fingerprint density at radius 3 is 2.65 bits per heavy atom. The van der Waals surface area contributed by atoms with Crippen LogP contribution in [0.5, 0.6) is 0 Å². The SMILES string of the molecule is CCCCC[C@@H]1O[C@@H]1[C@@H](O)/C=C\CCCCCCCC(=O)OC. The first-order valence-electron chi connectivity index (χ1n) is 9.26. The van der Waals surface area contributed by atoms with E-state index in [-0.39, 0.29) is 18.2 Å². The zero-order valence-electron chi connectivity index (χ0n) is 14.8. The van der Waals surface area contributed by atoms with Crippen LogP contribution in [0.25, 0.3) is 0 Å². The van der Waals surface area contributed by atoms with Crippen molar-refractivity contribution in [3.8, 4) is 0 Å². The maximum atomic E-state index is 10.9. The van der Waals surface area contributed by atoms with Gasteiger partial charge < -0.3 is 14.6 Å². The number of aliphatic hydroxyl groups excluding tert-OH is 1. The van der Waals surface area contributed by atoms with Gasteiger partial charge in [-0.3, -0.25) is 4.79 Å². The zero-order chi connectivity index (χ0) is 16.9. The lowest BCUT2D eigenvalue weighted by molar-refractivity contribution is -0.140. The second-order valence-corrected chi connectivity index (χ2v) is 6.44. The number of unbranched alkanes of at least 4 members (excludes halogenated alkanes) is 7. The standard InChI is InChI=1S/C19H34O4/c1-3-4-10-14-17-19(23-17)16(20)13-11-8-6-5-7-9-12-15-18(21)22-2/h11,13,16-17,19-20H,3-10,12,14-15H2,1-2H3/b13-11-/t16-,17-,19+/m0/s1. The summed E-state index contributed by atoms with van der Waals surface area (Å²) in [6.07, 6.45) is 15.6. The van der Waals surface area contributed by atoms with E-state index in [1.165, 1.54) is 32.8 Å². The molecule has 1 saturated heterocycles. The highest BCUT2D eigenvalue weighted by atomic mass is 16.6. The Balaban J connectivity index is 1.91. The van der Waals surface area contributed by atoms with Crippen LogP contribution >= 0.6 is 0 Å². The number of methoxy groups -OCH3 is 1. The highest BCUT2D eigenvalue weighted by Crippen LogP contribution is 2.30. The molecule has 0 bridgehead atoms. The van der Waals surface area contributed by atoms with Crippen molar-refractivity contribution >= 4 is 5.97 Å². The fourth-order valence-electron chi connectivity index (χ4n) is 2.79. The maximum Gasteiger partial charge on any atom is 0.305 e. The van der Waals surface area contributed by atoms with Gasteiger partial charge in [-0.1, -0.05) is 57.6 Å². The molecule has 1 heterocycles. The summed E-state index contributed by atoms with van der Waals surface area (Å²) in [5.74, 6) is -0.114. The van der Waals surface area contributed by atoms with Crippen molar-refractivity contribution in [2.75, 3.05) is 7.11 Å². The molecule has 0 unspecified atom stereocenters. The molecule has 1 aliphatic heterocycles. The molecule has 0 aromatic rings. The van der Waals surface area contributed by atoms with E-state index in [0.29, 0.717) is 6.42 Å². The zero-order valence-corrected chi connectivity index (χ0v) is 14.8. The predicted octanol–water partition coefficient (Wildman–Crippen LogP) is 4.15. The van der Waals surface area contributed by atoms with Gasteiger partial charge in [-0.05, 0) is 25.7 Å². The Labute approximate surface area is 141 Å². The molecule has 23 heavy (non-hydrogen) atoms. The Kier molecular flexibility index (Phi) is 11.0. The van der Waals surface area contributed by atoms with E-state index in [1.54, 1.807) is 0 Å². The fraction of sp³-hybridized carbons (Fsp3) is 0.842. The molecule has 1 aliphatic rings. The summed E-state index contributed by atoms with van der Waals surface area (Å²) in [5.41, 5.74) is 0. The highest BCUT2D eigenvalue weighted by molar-refractivity contribution is 5.68. The third-order valence-corrected chi connectivity index (χ3v) is 4.36. The summed E-state index contributed by atoms with van der Waals surface area (Å²) < 4.78 is 10.1. The highest BCUT2D eigenvalue weighted by Gasteiger charge is 2.42. The summed E-state index contributed by atoms with van der Waals surface area (Å²) in [6.45, 7) is 2.20. The van der Waals surface area contributed by atoms with Crippen molar-refractivity contribution in [1.82, 2.24) is 0 Å². The molecule has 1 N–H and O–H groups in total. The van der Waals surface area contributed by atoms with E-state index in [2.05, 4.69) is 17.7 Å². The number of ether oxygens (including phenoxy) is 2. The van der Waals surface area contributed by atoms with Crippen LogP contribution in [0.15, 0.2) is 12.2 Å². The molecule has 1 rings (SSSR count). The Hall–Kier alpha value is -0.870. The molecule has 134 valence electrons. The van der Waals surface area contributed by atoms with Gasteiger partial charge >= 0.3 is 5.97 Å². The van der Waals surface area contributed by atoms with Crippen molar-refractivity contribution in [2.45, 2.75) is 95.9 Å². The normalized spacial score (nSPS) is 21.5. The number of aliphatic hydroxyl groups is 1. The molecular weight excluding hydrogens is 292 g/mol. The van der Waals surface area contributed by atoms with E-state index in [0.717, 1.165) is 38.5 Å². The lowest BCUT2D eigenvalue weighted by Crippen LogP contribution is -2.13. The minimum absolute atomic E-state index is 0.0291. The van der Waals surface area contributed by atoms with Crippen LogP contribution in [-0.4, -0.2) is 36.5 Å². The Bertz CT molecular complexity index is 340. The summed E-state index contributed by atoms with van der Waals surface area (Å²) in [7, 11) is 1.43. The van der Waals surface area contributed by atoms with Gasteiger partial charge in [-0.25, -0.2) is 0 Å². The van der Waals surface area contributed by atoms with Gasteiger partial charge in [0.05, 0.1) is 13.2 Å². The van der Waals surface area contributed by atoms with Gasteiger partial charge in [-0.15, -0.1) is 0 Å². The van der Waals surface area contributed by atoms with Crippen LogP contribution in [0.2, 0.25) is 0 Å². The van der Waals surface area contributed by atoms with Crippen molar-refractivity contribution < 1.29 is 19.4 Å². The number of hydrogen-bond donors (Lipinski definition) is 1. The molecule has 0 amide bonds. The summed E-state index contributed by atoms with van der Waals surface area (Å²) in [5, 5.41) is 10.0. The van der Waals surface area contributed by atoms with Gasteiger partial charge in [0.25, 0.3) is 0 Å². The van der Waals surface area contributed by atoms with Crippen LogP contribution in [0.1, 0.15) is 77.6 Å². The summed E-state index contributed by atoms with van der Waals surface area (Å²) in [4.78, 5) is 10.9. The molecule has 0 spiro atoms. The average molecular weight is 326 g/mol. The Morgan fingerprint density at radius 2 is 1.91 bits per heavy atom. The quantitative estimate of drug-likeness (QED) is 0.225. The van der Waals surface area contributed by atoms with Crippen molar-refractivity contribution in [2.24, 2.45) is 0 Å². The van der Waals surface area contributed by atoms with Crippen LogP contribution < -0.4 is 0 Å². The predicted molar refractivity (Wildman–Crippen MR) is 92.3 cm³/mol. The molecule has 4 nitrogen and oxygen atoms in total. The topological polar surface area (TPSA) is 59.1 Å². The molecule has 0 aromatic heterocycles. The minimum Gasteiger partial charge on any atom is -0.469 e. The van der Waals surface area contributed by atoms with Crippen LogP contribution in [0.3, 0.4) is 0 Å². The van der Waals surface area contributed by atoms with Crippen molar-refractivity contribution in [1.29, 1.82) is 0 Å². The lowest BCUT2D eigenvalue weighted by Gasteiger charge is -2.02. The largest absolute Gasteiger partial charge is 0.469 e. The molecule has 4 heteroatoms. The number of carbonyl (C=O) groups is 1. The van der Waals surface area contributed by atoms with Crippen molar-refractivity contribution in [3.63, 3.8) is 0 Å². The minimum atomic E-state index is -0.443. The monoisotopic (exact) mass is 326 g/mol. The first kappa shape index (κ1) is 20.2. The fourth-order valence-corrected chi connectivity index (χ4v) is 2.79. The van der Waals surface area contributed by atoms with Gasteiger partial charge in [0.2, 0.25) is 0 Å². The van der Waals surface area contributed by atoms with Crippen LogP contribution in [-0.2, 0) is 14.3 Å². The molecule has 0 saturated carbocycles. The molecule has 0 aromatic carbocycles. The molecule has 3 atom stereocenters. The van der Waals surface area contributed by atoms with Gasteiger partial charge in [0, 0.05) is 6.42 Å². The molecule has 0 aliphatic carbocycles. The third-order valence-electron chi connectivity index (χ3n) is 4.36. The molecular formula is C19H34O4.